The zero-order chi connectivity index (χ0) is 17.3. The number of nitrogens with zero attached hydrogens (tertiary/aromatic N) is 2. The molecule has 1 aromatic heterocycles. The first-order valence-corrected chi connectivity index (χ1v) is 7.39. The van der Waals surface area contributed by atoms with Crippen LogP contribution in [0.3, 0.4) is 0 Å². The van der Waals surface area contributed by atoms with Gasteiger partial charge in [0, 0.05) is 25.1 Å². The molecule has 1 heterocycles. The molecule has 6 heteroatoms. The van der Waals surface area contributed by atoms with Crippen molar-refractivity contribution in [3.05, 3.63) is 47.8 Å². The molecule has 2 rings (SSSR count). The fourth-order valence-corrected chi connectivity index (χ4v) is 1.92. The Balaban J connectivity index is 2.05. The van der Waals surface area contributed by atoms with Crippen molar-refractivity contribution in [1.29, 1.82) is 0 Å². The van der Waals surface area contributed by atoms with Crippen molar-refractivity contribution in [1.82, 2.24) is 15.1 Å². The summed E-state index contributed by atoms with van der Waals surface area (Å²) in [6, 6.07) is 8.54. The van der Waals surface area contributed by atoms with Gasteiger partial charge in [-0.3, -0.25) is 4.79 Å². The molecule has 0 saturated carbocycles. The van der Waals surface area contributed by atoms with Gasteiger partial charge < -0.3 is 5.32 Å². The highest BCUT2D eigenvalue weighted by molar-refractivity contribution is 5.81. The molecule has 23 heavy (non-hydrogen) atoms. The van der Waals surface area contributed by atoms with E-state index in [1.807, 2.05) is 32.9 Å². The van der Waals surface area contributed by atoms with Crippen LogP contribution in [0.4, 0.5) is 8.78 Å². The van der Waals surface area contributed by atoms with Crippen LogP contribution in [0.1, 0.15) is 39.0 Å². The number of carbonyl (C=O) groups excluding carboxylic acids is 1. The normalized spacial score (nSPS) is 12.3. The first kappa shape index (κ1) is 17.1. The minimum Gasteiger partial charge on any atom is -0.352 e. The lowest BCUT2D eigenvalue weighted by Gasteiger charge is -2.17. The minimum absolute atomic E-state index is 0.0246. The Morgan fingerprint density at radius 1 is 1.13 bits per heavy atom. The van der Waals surface area contributed by atoms with Crippen molar-refractivity contribution in [2.24, 2.45) is 5.41 Å². The Hall–Kier alpha value is -2.24. The Kier molecular flexibility index (Phi) is 4.54. The number of carbonyl (C=O) groups is 1. The summed E-state index contributed by atoms with van der Waals surface area (Å²) < 4.78 is 27.8. The van der Waals surface area contributed by atoms with Gasteiger partial charge in [0.2, 0.25) is 5.91 Å². The number of alkyl halides is 2. The molecule has 0 unspecified atom stereocenters. The second-order valence-corrected chi connectivity index (χ2v) is 6.63. The molecule has 1 aromatic carbocycles. The van der Waals surface area contributed by atoms with Crippen molar-refractivity contribution >= 4 is 5.91 Å². The summed E-state index contributed by atoms with van der Waals surface area (Å²) in [5, 5.41) is 6.75. The number of hydrogen-bond donors (Lipinski definition) is 1. The van der Waals surface area contributed by atoms with Crippen LogP contribution >= 0.6 is 0 Å². The maximum absolute atomic E-state index is 13.2. The molecule has 2 aromatic rings. The smallest absolute Gasteiger partial charge is 0.288 e. The lowest BCUT2D eigenvalue weighted by atomic mass is 9.95. The van der Waals surface area contributed by atoms with Gasteiger partial charge in [0.05, 0.1) is 5.69 Å². The summed E-state index contributed by atoms with van der Waals surface area (Å²) in [6.07, 6.45) is 1.50. The van der Waals surface area contributed by atoms with Gasteiger partial charge in [0.15, 0.2) is 0 Å². The average Bonchev–Trinajstić information content (AvgIpc) is 2.94. The molecule has 124 valence electrons. The summed E-state index contributed by atoms with van der Waals surface area (Å²) in [7, 11) is 0. The second kappa shape index (κ2) is 6.10. The molecule has 0 radical (unpaired) electrons. The van der Waals surface area contributed by atoms with Crippen LogP contribution in [0.25, 0.3) is 5.69 Å². The molecule has 4 nitrogen and oxygen atoms in total. The van der Waals surface area contributed by atoms with Gasteiger partial charge >= 0.3 is 0 Å². The Morgan fingerprint density at radius 3 is 2.22 bits per heavy atom. The number of hydrogen-bond acceptors (Lipinski definition) is 2. The molecule has 1 amide bonds. The average molecular weight is 321 g/mol. The summed E-state index contributed by atoms with van der Waals surface area (Å²) in [5.74, 6) is -2.98. The van der Waals surface area contributed by atoms with Crippen molar-refractivity contribution in [2.75, 3.05) is 0 Å². The van der Waals surface area contributed by atoms with Crippen molar-refractivity contribution < 1.29 is 13.6 Å². The monoisotopic (exact) mass is 321 g/mol. The molecule has 0 bridgehead atoms. The van der Waals surface area contributed by atoms with E-state index in [4.69, 9.17) is 0 Å². The fourth-order valence-electron chi connectivity index (χ4n) is 1.92. The van der Waals surface area contributed by atoms with Gasteiger partial charge in [-0.1, -0.05) is 32.9 Å². The van der Waals surface area contributed by atoms with E-state index in [9.17, 15) is 13.6 Å². The largest absolute Gasteiger partial charge is 0.352 e. The van der Waals surface area contributed by atoms with Crippen LogP contribution in [0.2, 0.25) is 0 Å². The highest BCUT2D eigenvalue weighted by Gasteiger charge is 2.27. The Labute approximate surface area is 134 Å². The molecule has 1 N–H and O–H groups in total. The highest BCUT2D eigenvalue weighted by Crippen LogP contribution is 2.25. The predicted octanol–water partition coefficient (Wildman–Crippen LogP) is 3.65. The molecule has 0 atom stereocenters. The van der Waals surface area contributed by atoms with Crippen molar-refractivity contribution in [3.8, 4) is 5.69 Å². The van der Waals surface area contributed by atoms with Crippen LogP contribution < -0.4 is 5.32 Å². The summed E-state index contributed by atoms with van der Waals surface area (Å²) in [6.45, 7) is 6.80. The molecular weight excluding hydrogens is 300 g/mol. The van der Waals surface area contributed by atoms with Crippen LogP contribution in [0.5, 0.6) is 0 Å². The topological polar surface area (TPSA) is 46.9 Å². The first-order chi connectivity index (χ1) is 10.6. The molecule has 0 aliphatic heterocycles. The van der Waals surface area contributed by atoms with Crippen molar-refractivity contribution in [3.63, 3.8) is 0 Å². The highest BCUT2D eigenvalue weighted by atomic mass is 19.3. The van der Waals surface area contributed by atoms with Crippen LogP contribution in [0, 0.1) is 5.41 Å². The zero-order valence-electron chi connectivity index (χ0n) is 13.7. The Morgan fingerprint density at radius 2 is 1.74 bits per heavy atom. The van der Waals surface area contributed by atoms with Crippen molar-refractivity contribution in [2.45, 2.75) is 40.2 Å². The standard InChI is InChI=1S/C17H21F2N3O/c1-16(2,3)15(23)20-11-12-5-7-13(8-6-12)22-10-9-14(21-22)17(4,18)19/h5-10H,11H2,1-4H3,(H,20,23). The number of amides is 1. The van der Waals surface area contributed by atoms with E-state index in [1.165, 1.54) is 16.9 Å². The number of rotatable bonds is 4. The van der Waals surface area contributed by atoms with E-state index < -0.39 is 11.3 Å². The van der Waals surface area contributed by atoms with Crippen LogP contribution in [0.15, 0.2) is 36.5 Å². The van der Waals surface area contributed by atoms with Crippen LogP contribution in [-0.2, 0) is 17.3 Å². The molecule has 0 aliphatic rings. The van der Waals surface area contributed by atoms with E-state index in [0.717, 1.165) is 12.5 Å². The predicted molar refractivity (Wildman–Crippen MR) is 84.4 cm³/mol. The fraction of sp³-hybridized carbons (Fsp3) is 0.412. The van der Waals surface area contributed by atoms with Gasteiger partial charge in [-0.25, -0.2) is 4.68 Å². The van der Waals surface area contributed by atoms with Gasteiger partial charge in [-0.15, -0.1) is 0 Å². The SMILES string of the molecule is CC(C)(C)C(=O)NCc1ccc(-n2ccc(C(C)(F)F)n2)cc1. The second-order valence-electron chi connectivity index (χ2n) is 6.63. The maximum Gasteiger partial charge on any atom is 0.288 e. The third-order valence-corrected chi connectivity index (χ3v) is 3.37. The Bertz CT molecular complexity index is 679. The molecule has 0 spiro atoms. The third-order valence-electron chi connectivity index (χ3n) is 3.37. The molecule has 0 aliphatic carbocycles. The van der Waals surface area contributed by atoms with E-state index in [2.05, 4.69) is 10.4 Å². The number of halogens is 2. The quantitative estimate of drug-likeness (QED) is 0.934. The third kappa shape index (κ3) is 4.37. The summed E-state index contributed by atoms with van der Waals surface area (Å²) >= 11 is 0. The van der Waals surface area contributed by atoms with E-state index in [-0.39, 0.29) is 11.6 Å². The molecule has 0 fully saturated rings. The number of nitrogens with one attached hydrogen (secondary N) is 1. The summed E-state index contributed by atoms with van der Waals surface area (Å²) in [5.41, 5.74) is 0.918. The van der Waals surface area contributed by atoms with E-state index in [1.54, 1.807) is 12.1 Å². The van der Waals surface area contributed by atoms with E-state index >= 15 is 0 Å². The lowest BCUT2D eigenvalue weighted by Crippen LogP contribution is -2.34. The van der Waals surface area contributed by atoms with Gasteiger partial charge in [0.25, 0.3) is 5.92 Å². The minimum atomic E-state index is -2.96. The molecule has 0 saturated heterocycles. The van der Waals surface area contributed by atoms with E-state index in [0.29, 0.717) is 12.2 Å². The maximum atomic E-state index is 13.2. The van der Waals surface area contributed by atoms with Gasteiger partial charge in [0.1, 0.15) is 5.69 Å². The number of aromatic nitrogens is 2. The zero-order valence-corrected chi connectivity index (χ0v) is 13.7. The first-order valence-electron chi connectivity index (χ1n) is 7.39. The van der Waals surface area contributed by atoms with Gasteiger partial charge in [-0.2, -0.15) is 13.9 Å². The molecular formula is C17H21F2N3O. The summed E-state index contributed by atoms with van der Waals surface area (Å²) in [4.78, 5) is 11.8. The number of benzene rings is 1. The van der Waals surface area contributed by atoms with Gasteiger partial charge in [-0.05, 0) is 23.8 Å². The van der Waals surface area contributed by atoms with Crippen LogP contribution in [-0.4, -0.2) is 15.7 Å². The lowest BCUT2D eigenvalue weighted by molar-refractivity contribution is -0.128.